The number of rotatable bonds is 6. The van der Waals surface area contributed by atoms with Gasteiger partial charge in [-0.1, -0.05) is 67.8 Å². The Kier molecular flexibility index (Phi) is 6.01. The summed E-state index contributed by atoms with van der Waals surface area (Å²) in [6.45, 7) is -0.272. The molecule has 2 aliphatic carbocycles. The van der Waals surface area contributed by atoms with E-state index < -0.39 is 23.2 Å². The van der Waals surface area contributed by atoms with Gasteiger partial charge in [-0.3, -0.25) is 4.79 Å². The van der Waals surface area contributed by atoms with E-state index in [1.807, 2.05) is 24.3 Å². The maximum atomic E-state index is 12.9. The normalized spacial score (nSPS) is 19.7. The molecule has 2 aromatic rings. The largest absolute Gasteiger partial charge is 0.479 e. The molecule has 2 amide bonds. The number of carbonyl (C=O) groups is 3. The minimum atomic E-state index is -1.88. The predicted octanol–water partition coefficient (Wildman–Crippen LogP) is 3.28. The molecule has 1 heterocycles. The van der Waals surface area contributed by atoms with Crippen molar-refractivity contribution in [2.24, 2.45) is 0 Å². The molecule has 1 aliphatic heterocycles. The average molecular weight is 479 g/mol. The van der Waals surface area contributed by atoms with E-state index in [1.54, 1.807) is 0 Å². The third kappa shape index (κ3) is 4.38. The third-order valence-electron chi connectivity index (χ3n) is 7.67. The van der Waals surface area contributed by atoms with E-state index in [4.69, 9.17) is 9.84 Å². The summed E-state index contributed by atoms with van der Waals surface area (Å²) in [6, 6.07) is 16.3. The van der Waals surface area contributed by atoms with Gasteiger partial charge in [0.05, 0.1) is 25.0 Å². The van der Waals surface area contributed by atoms with Gasteiger partial charge in [-0.25, -0.2) is 9.59 Å². The van der Waals surface area contributed by atoms with Crippen LogP contribution in [0.5, 0.6) is 0 Å². The van der Waals surface area contributed by atoms with Crippen molar-refractivity contribution < 1.29 is 29.3 Å². The van der Waals surface area contributed by atoms with Crippen LogP contribution in [-0.2, 0) is 14.3 Å². The van der Waals surface area contributed by atoms with E-state index in [-0.39, 0.29) is 37.9 Å². The van der Waals surface area contributed by atoms with Crippen molar-refractivity contribution in [2.75, 3.05) is 19.7 Å². The lowest BCUT2D eigenvalue weighted by Gasteiger charge is -2.45. The van der Waals surface area contributed by atoms with Crippen LogP contribution in [0.2, 0.25) is 0 Å². The lowest BCUT2D eigenvalue weighted by molar-refractivity contribution is -0.182. The molecular weight excluding hydrogens is 448 g/mol. The lowest BCUT2D eigenvalue weighted by Crippen LogP contribution is -2.68. The number of ether oxygens (including phenoxy) is 1. The van der Waals surface area contributed by atoms with Crippen LogP contribution in [0.1, 0.15) is 55.6 Å². The van der Waals surface area contributed by atoms with Gasteiger partial charge < -0.3 is 25.2 Å². The number of nitrogens with one attached hydrogen (secondary N) is 1. The molecular formula is C27H30N2O6. The standard InChI is InChI=1S/C27H30N2O6/c30-23(29-16-27(34,17-29)24(31)32)14-26(12-6-1-7-13-26)28-25(33)35-15-22-20-10-4-2-8-18(20)19-9-3-5-11-21(19)22/h2-5,8-11,22,34H,1,6-7,12-17H2,(H,28,33)(H,31,32). The van der Waals surface area contributed by atoms with Gasteiger partial charge in [-0.15, -0.1) is 0 Å². The van der Waals surface area contributed by atoms with Gasteiger partial charge in [0.25, 0.3) is 0 Å². The Balaban J connectivity index is 1.24. The van der Waals surface area contributed by atoms with Crippen LogP contribution in [-0.4, -0.2) is 63.9 Å². The number of carbonyl (C=O) groups excluding carboxylic acids is 2. The first-order valence-electron chi connectivity index (χ1n) is 12.2. The summed E-state index contributed by atoms with van der Waals surface area (Å²) < 4.78 is 5.72. The minimum Gasteiger partial charge on any atom is -0.479 e. The van der Waals surface area contributed by atoms with Crippen LogP contribution in [0.3, 0.4) is 0 Å². The maximum absolute atomic E-state index is 12.9. The number of carboxylic acids is 1. The molecule has 0 atom stereocenters. The molecule has 0 bridgehead atoms. The second-order valence-electron chi connectivity index (χ2n) is 10.1. The Bertz CT molecular complexity index is 1100. The Morgan fingerprint density at radius 1 is 0.943 bits per heavy atom. The second kappa shape index (κ2) is 9.00. The van der Waals surface area contributed by atoms with Gasteiger partial charge >= 0.3 is 12.1 Å². The predicted molar refractivity (Wildman–Crippen MR) is 128 cm³/mol. The maximum Gasteiger partial charge on any atom is 0.407 e. The van der Waals surface area contributed by atoms with Crippen LogP contribution >= 0.6 is 0 Å². The fourth-order valence-electron chi connectivity index (χ4n) is 5.72. The molecule has 2 aromatic carbocycles. The molecule has 5 rings (SSSR count). The fourth-order valence-corrected chi connectivity index (χ4v) is 5.72. The molecule has 2 fully saturated rings. The number of hydrogen-bond donors (Lipinski definition) is 3. The van der Waals surface area contributed by atoms with Crippen molar-refractivity contribution in [1.82, 2.24) is 10.2 Å². The number of fused-ring (bicyclic) bond motifs is 3. The van der Waals surface area contributed by atoms with Gasteiger partial charge in [-0.05, 0) is 35.1 Å². The number of carboxylic acid groups (broad SMARTS) is 1. The van der Waals surface area contributed by atoms with Gasteiger partial charge in [0.15, 0.2) is 5.60 Å². The van der Waals surface area contributed by atoms with E-state index in [9.17, 15) is 19.5 Å². The smallest absolute Gasteiger partial charge is 0.407 e. The SMILES string of the molecule is O=C(NC1(CC(=O)N2CC(O)(C(=O)O)C2)CCCCC1)OCC1c2ccccc2-c2ccccc21. The van der Waals surface area contributed by atoms with E-state index in [1.165, 1.54) is 4.90 Å². The molecule has 0 aromatic heterocycles. The topological polar surface area (TPSA) is 116 Å². The van der Waals surface area contributed by atoms with Gasteiger partial charge in [-0.2, -0.15) is 0 Å². The van der Waals surface area contributed by atoms with E-state index in [2.05, 4.69) is 29.6 Å². The zero-order chi connectivity index (χ0) is 24.6. The highest BCUT2D eigenvalue weighted by molar-refractivity contribution is 5.86. The highest BCUT2D eigenvalue weighted by Crippen LogP contribution is 2.44. The Hall–Kier alpha value is -3.39. The number of alkyl carbamates (subject to hydrolysis) is 1. The van der Waals surface area contributed by atoms with Crippen molar-refractivity contribution in [3.63, 3.8) is 0 Å². The number of amides is 2. The highest BCUT2D eigenvalue weighted by Gasteiger charge is 2.51. The van der Waals surface area contributed by atoms with E-state index >= 15 is 0 Å². The van der Waals surface area contributed by atoms with Crippen LogP contribution in [0, 0.1) is 0 Å². The number of hydrogen-bond acceptors (Lipinski definition) is 5. The summed E-state index contributed by atoms with van der Waals surface area (Å²) in [5.41, 5.74) is 1.97. The van der Waals surface area contributed by atoms with E-state index in [0.29, 0.717) is 12.8 Å². The molecule has 0 radical (unpaired) electrons. The third-order valence-corrected chi connectivity index (χ3v) is 7.67. The molecule has 8 nitrogen and oxygen atoms in total. The van der Waals surface area contributed by atoms with Gasteiger partial charge in [0.1, 0.15) is 6.61 Å². The van der Waals surface area contributed by atoms with Crippen LogP contribution in [0.15, 0.2) is 48.5 Å². The molecule has 8 heteroatoms. The molecule has 0 spiro atoms. The first-order valence-corrected chi connectivity index (χ1v) is 12.2. The van der Waals surface area contributed by atoms with Gasteiger partial charge in [0.2, 0.25) is 5.91 Å². The number of nitrogens with zero attached hydrogens (tertiary/aromatic N) is 1. The Labute approximate surface area is 203 Å². The summed E-state index contributed by atoms with van der Waals surface area (Å²) in [4.78, 5) is 38.3. The first kappa shape index (κ1) is 23.4. The summed E-state index contributed by atoms with van der Waals surface area (Å²) in [5, 5.41) is 22.0. The number of aliphatic carboxylic acids is 1. The minimum absolute atomic E-state index is 0.0492. The average Bonchev–Trinajstić information content (AvgIpc) is 3.14. The zero-order valence-electron chi connectivity index (χ0n) is 19.5. The molecule has 184 valence electrons. The first-order chi connectivity index (χ1) is 16.8. The van der Waals surface area contributed by atoms with Crippen molar-refractivity contribution in [3.8, 4) is 11.1 Å². The summed E-state index contributed by atoms with van der Waals surface area (Å²) >= 11 is 0. The number of benzene rings is 2. The van der Waals surface area contributed by atoms with Crippen molar-refractivity contribution in [2.45, 2.75) is 55.6 Å². The molecule has 3 N–H and O–H groups in total. The highest BCUT2D eigenvalue weighted by atomic mass is 16.5. The van der Waals surface area contributed by atoms with Crippen LogP contribution in [0.4, 0.5) is 4.79 Å². The quantitative estimate of drug-likeness (QED) is 0.587. The van der Waals surface area contributed by atoms with Crippen molar-refractivity contribution >= 4 is 18.0 Å². The zero-order valence-corrected chi connectivity index (χ0v) is 19.5. The summed E-state index contributed by atoms with van der Waals surface area (Å²) in [7, 11) is 0. The lowest BCUT2D eigenvalue weighted by atomic mass is 9.78. The molecule has 1 saturated carbocycles. The molecule has 0 unspecified atom stereocenters. The fraction of sp³-hybridized carbons (Fsp3) is 0.444. The molecule has 3 aliphatic rings. The second-order valence-corrected chi connectivity index (χ2v) is 10.1. The Morgan fingerprint density at radius 2 is 1.51 bits per heavy atom. The number of aliphatic hydroxyl groups is 1. The van der Waals surface area contributed by atoms with Crippen molar-refractivity contribution in [3.05, 3.63) is 59.7 Å². The monoisotopic (exact) mass is 478 g/mol. The number of β-amino-alcohol motifs (C(OH)–C–C–N with tert-alkyl or cyclic N) is 1. The van der Waals surface area contributed by atoms with Crippen LogP contribution in [0.25, 0.3) is 11.1 Å². The summed E-state index contributed by atoms with van der Waals surface area (Å²) in [6.07, 6.45) is 3.62. The van der Waals surface area contributed by atoms with Crippen LogP contribution < -0.4 is 5.32 Å². The molecule has 35 heavy (non-hydrogen) atoms. The summed E-state index contributed by atoms with van der Waals surface area (Å²) in [5.74, 6) is -1.64. The van der Waals surface area contributed by atoms with E-state index in [0.717, 1.165) is 41.5 Å². The molecule has 1 saturated heterocycles. The van der Waals surface area contributed by atoms with Crippen molar-refractivity contribution in [1.29, 1.82) is 0 Å². The van der Waals surface area contributed by atoms with Gasteiger partial charge in [0, 0.05) is 5.92 Å². The number of likely N-dealkylation sites (tertiary alicyclic amines) is 1. The Morgan fingerprint density at radius 3 is 2.09 bits per heavy atom.